The summed E-state index contributed by atoms with van der Waals surface area (Å²) in [7, 11) is 0. The van der Waals surface area contributed by atoms with E-state index >= 15 is 0 Å². The number of nitrogens with zero attached hydrogens (tertiary/aromatic N) is 6. The normalized spacial score (nSPS) is 13.5. The van der Waals surface area contributed by atoms with Crippen molar-refractivity contribution in [2.75, 3.05) is 19.6 Å². The van der Waals surface area contributed by atoms with E-state index in [-0.39, 0.29) is 0 Å². The van der Waals surface area contributed by atoms with Gasteiger partial charge >= 0.3 is 0 Å². The van der Waals surface area contributed by atoms with Crippen LogP contribution in [0.25, 0.3) is 11.1 Å². The second kappa shape index (κ2) is 17.3. The van der Waals surface area contributed by atoms with Gasteiger partial charge in [0.1, 0.15) is 12.1 Å². The third-order valence-electron chi connectivity index (χ3n) is 13.5. The van der Waals surface area contributed by atoms with E-state index in [9.17, 15) is 10.5 Å². The molecule has 0 spiro atoms. The van der Waals surface area contributed by atoms with E-state index in [0.717, 1.165) is 119 Å². The number of nitriles is 2. The van der Waals surface area contributed by atoms with Gasteiger partial charge in [-0.3, -0.25) is 0 Å². The van der Waals surface area contributed by atoms with Crippen LogP contribution in [0.3, 0.4) is 0 Å². The number of anilines is 12. The van der Waals surface area contributed by atoms with Crippen LogP contribution in [0.4, 0.5) is 68.2 Å². The lowest BCUT2D eigenvalue weighted by Gasteiger charge is -2.39. The van der Waals surface area contributed by atoms with Gasteiger partial charge in [0.25, 0.3) is 0 Å². The molecule has 0 fully saturated rings. The third-order valence-corrected chi connectivity index (χ3v) is 18.0. The predicted molar refractivity (Wildman–Crippen MR) is 297 cm³/mol. The summed E-state index contributed by atoms with van der Waals surface area (Å²) in [5.41, 5.74) is 14.0. The standard InChI is InChI=1S/C62H36N6S4/c63-37-39-33-53(67-47-21-5-13-29-59(47)71-60-30-14-6-22-48(60)67)41(35-51(39)65-43-17-1-9-25-55(43)69-56-26-10-2-18-44(56)65)42-36-52(66-45-19-3-11-27-57(45)70-58-28-12-4-20-46(58)66)40(38-64)34-54(42)68-49-23-7-15-31-61(49)72-62-32-16-8-24-50(62)68/h1-36H. The summed E-state index contributed by atoms with van der Waals surface area (Å²) in [6, 6.07) is 82.1. The molecule has 14 rings (SSSR count). The Balaban J connectivity index is 1.15. The van der Waals surface area contributed by atoms with Crippen molar-refractivity contribution in [3.05, 3.63) is 230 Å². The number of benzene rings is 10. The summed E-state index contributed by atoms with van der Waals surface area (Å²) in [5.74, 6) is 0. The quantitative estimate of drug-likeness (QED) is 0.167. The fourth-order valence-electron chi connectivity index (χ4n) is 10.4. The lowest BCUT2D eigenvalue weighted by Crippen LogP contribution is -2.21. The highest BCUT2D eigenvalue weighted by molar-refractivity contribution is 8.00. The average molecular weight is 993 g/mol. The van der Waals surface area contributed by atoms with Gasteiger partial charge in [-0.2, -0.15) is 10.5 Å². The Morgan fingerprint density at radius 1 is 0.236 bits per heavy atom. The molecule has 0 bridgehead atoms. The summed E-state index contributed by atoms with van der Waals surface area (Å²) in [6.45, 7) is 0. The molecule has 10 aromatic rings. The van der Waals surface area contributed by atoms with Crippen molar-refractivity contribution in [2.24, 2.45) is 0 Å². The number of fused-ring (bicyclic) bond motifs is 8. The Labute approximate surface area is 434 Å². The molecule has 0 atom stereocenters. The van der Waals surface area contributed by atoms with Crippen molar-refractivity contribution in [1.29, 1.82) is 10.5 Å². The van der Waals surface area contributed by atoms with Crippen molar-refractivity contribution >= 4 is 115 Å². The highest BCUT2D eigenvalue weighted by Gasteiger charge is 2.36. The van der Waals surface area contributed by atoms with Crippen molar-refractivity contribution in [3.8, 4) is 23.3 Å². The zero-order valence-electron chi connectivity index (χ0n) is 38.1. The maximum absolute atomic E-state index is 11.6. The fraction of sp³-hybridized carbons (Fsp3) is 0. The van der Waals surface area contributed by atoms with E-state index in [1.807, 2.05) is 0 Å². The van der Waals surface area contributed by atoms with E-state index in [2.05, 4.69) is 250 Å². The van der Waals surface area contributed by atoms with Gasteiger partial charge in [-0.15, -0.1) is 0 Å². The Bertz CT molecular complexity index is 3550. The minimum absolute atomic E-state index is 0.523. The maximum Gasteiger partial charge on any atom is 0.101 e. The lowest BCUT2D eigenvalue weighted by atomic mass is 9.92. The average Bonchev–Trinajstić information content (AvgIpc) is 3.44. The molecule has 0 radical (unpaired) electrons. The van der Waals surface area contributed by atoms with E-state index in [1.54, 1.807) is 47.0 Å². The Kier molecular flexibility index (Phi) is 10.2. The van der Waals surface area contributed by atoms with Crippen LogP contribution in [0.5, 0.6) is 0 Å². The van der Waals surface area contributed by atoms with Gasteiger partial charge in [0.15, 0.2) is 0 Å². The van der Waals surface area contributed by atoms with E-state index in [0.29, 0.717) is 11.1 Å². The second-order valence-electron chi connectivity index (χ2n) is 17.5. The molecule has 6 nitrogen and oxygen atoms in total. The molecule has 4 aliphatic heterocycles. The summed E-state index contributed by atoms with van der Waals surface area (Å²) < 4.78 is 0. The van der Waals surface area contributed by atoms with Crippen LogP contribution >= 0.6 is 47.0 Å². The largest absolute Gasteiger partial charge is 0.308 e. The molecule has 4 heterocycles. The SMILES string of the molecule is N#Cc1cc(N2c3ccccc3Sc3ccccc32)c(-c2cc(N3c4ccccc4Sc4ccccc43)c(C#N)cc2N2c3ccccc3Sc3ccccc32)cc1N1c2ccccc2Sc2ccccc21. The predicted octanol–water partition coefficient (Wildman–Crippen LogP) is 18.8. The van der Waals surface area contributed by atoms with Crippen LogP contribution in [-0.2, 0) is 0 Å². The van der Waals surface area contributed by atoms with Crippen LogP contribution in [-0.4, -0.2) is 0 Å². The number of rotatable bonds is 5. The van der Waals surface area contributed by atoms with Crippen molar-refractivity contribution in [2.45, 2.75) is 39.2 Å². The summed E-state index contributed by atoms with van der Waals surface area (Å²) in [6.07, 6.45) is 0. The monoisotopic (exact) mass is 992 g/mol. The fourth-order valence-corrected chi connectivity index (χ4v) is 14.6. The van der Waals surface area contributed by atoms with Crippen molar-refractivity contribution in [1.82, 2.24) is 0 Å². The minimum atomic E-state index is 0.523. The zero-order valence-corrected chi connectivity index (χ0v) is 41.4. The Morgan fingerprint density at radius 2 is 0.431 bits per heavy atom. The molecule has 72 heavy (non-hydrogen) atoms. The third kappa shape index (κ3) is 6.76. The number of hydrogen-bond donors (Lipinski definition) is 0. The van der Waals surface area contributed by atoms with E-state index in [1.165, 1.54) is 0 Å². The first kappa shape index (κ1) is 42.6. The first-order valence-corrected chi connectivity index (χ1v) is 26.7. The van der Waals surface area contributed by atoms with Gasteiger partial charge < -0.3 is 19.6 Å². The molecule has 0 N–H and O–H groups in total. The van der Waals surface area contributed by atoms with E-state index < -0.39 is 0 Å². The lowest BCUT2D eigenvalue weighted by molar-refractivity contribution is 1.14. The van der Waals surface area contributed by atoms with Gasteiger partial charge in [0.2, 0.25) is 0 Å². The van der Waals surface area contributed by atoms with E-state index in [4.69, 9.17) is 0 Å². The summed E-state index contributed by atoms with van der Waals surface area (Å²) in [5, 5.41) is 23.2. The maximum atomic E-state index is 11.6. The Morgan fingerprint density at radius 3 is 0.639 bits per heavy atom. The molecule has 0 aliphatic carbocycles. The first-order chi connectivity index (χ1) is 35.6. The second-order valence-corrected chi connectivity index (χ2v) is 21.8. The molecule has 0 saturated heterocycles. The van der Waals surface area contributed by atoms with Crippen molar-refractivity contribution < 1.29 is 0 Å². The van der Waals surface area contributed by atoms with Crippen LogP contribution in [0, 0.1) is 22.7 Å². The van der Waals surface area contributed by atoms with Gasteiger partial charge in [0, 0.05) is 50.3 Å². The zero-order chi connectivity index (χ0) is 47.9. The number of hydrogen-bond acceptors (Lipinski definition) is 10. The summed E-state index contributed by atoms with van der Waals surface area (Å²) in [4.78, 5) is 18.0. The van der Waals surface area contributed by atoms with Gasteiger partial charge in [-0.05, 0) is 121 Å². The molecule has 338 valence electrons. The topological polar surface area (TPSA) is 60.5 Å². The molecule has 0 saturated carbocycles. The minimum Gasteiger partial charge on any atom is -0.308 e. The number of para-hydroxylation sites is 8. The molecule has 10 aromatic carbocycles. The molecule has 0 aromatic heterocycles. The highest BCUT2D eigenvalue weighted by atomic mass is 32.2. The molecule has 10 heteroatoms. The van der Waals surface area contributed by atoms with Gasteiger partial charge in [-0.1, -0.05) is 144 Å². The first-order valence-electron chi connectivity index (χ1n) is 23.4. The van der Waals surface area contributed by atoms with Crippen LogP contribution in [0.1, 0.15) is 11.1 Å². The van der Waals surface area contributed by atoms with Crippen LogP contribution in [0.2, 0.25) is 0 Å². The summed E-state index contributed by atoms with van der Waals surface area (Å²) >= 11 is 6.99. The van der Waals surface area contributed by atoms with Gasteiger partial charge in [0.05, 0.1) is 79.4 Å². The molecule has 4 aliphatic rings. The smallest absolute Gasteiger partial charge is 0.101 e. The molecular weight excluding hydrogens is 957 g/mol. The molecule has 0 unspecified atom stereocenters. The van der Waals surface area contributed by atoms with Crippen LogP contribution in [0.15, 0.2) is 258 Å². The molecule has 0 amide bonds. The Hall–Kier alpha value is -8.22. The van der Waals surface area contributed by atoms with Crippen LogP contribution < -0.4 is 19.6 Å². The molecular formula is C62H36N6S4. The highest BCUT2D eigenvalue weighted by Crippen LogP contribution is 2.61. The van der Waals surface area contributed by atoms with Gasteiger partial charge in [-0.25, -0.2) is 0 Å². The van der Waals surface area contributed by atoms with Crippen molar-refractivity contribution in [3.63, 3.8) is 0 Å².